The Morgan fingerprint density at radius 3 is 2.94 bits per heavy atom. The monoisotopic (exact) mass is 253 g/mol. The highest BCUT2D eigenvalue weighted by atomic mass is 19.1. The van der Waals surface area contributed by atoms with Crippen LogP contribution in [0.1, 0.15) is 37.7 Å². The van der Waals surface area contributed by atoms with Gasteiger partial charge >= 0.3 is 0 Å². The molecule has 0 aromatic heterocycles. The van der Waals surface area contributed by atoms with Crippen LogP contribution in [0, 0.1) is 17.6 Å². The largest absolute Gasteiger partial charge is 0.356 e. The fourth-order valence-corrected chi connectivity index (χ4v) is 2.21. The van der Waals surface area contributed by atoms with Gasteiger partial charge in [0.1, 0.15) is 11.6 Å². The van der Waals surface area contributed by atoms with Gasteiger partial charge in [0.25, 0.3) is 0 Å². The first-order valence-electron chi connectivity index (χ1n) is 6.33. The molecule has 1 amide bonds. The van der Waals surface area contributed by atoms with Crippen molar-refractivity contribution < 1.29 is 13.6 Å². The summed E-state index contributed by atoms with van der Waals surface area (Å²) in [5.74, 6) is -0.455. The van der Waals surface area contributed by atoms with E-state index in [2.05, 4.69) is 5.32 Å². The Bertz CT molecular complexity index is 447. The van der Waals surface area contributed by atoms with E-state index in [9.17, 15) is 13.6 Å². The van der Waals surface area contributed by atoms with Gasteiger partial charge in [-0.1, -0.05) is 6.92 Å². The third-order valence-corrected chi connectivity index (χ3v) is 3.32. The molecule has 0 heterocycles. The van der Waals surface area contributed by atoms with Crippen LogP contribution in [0.25, 0.3) is 0 Å². The zero-order valence-electron chi connectivity index (χ0n) is 10.4. The van der Waals surface area contributed by atoms with Crippen molar-refractivity contribution in [2.45, 2.75) is 32.1 Å². The van der Waals surface area contributed by atoms with Crippen molar-refractivity contribution in [3.63, 3.8) is 0 Å². The molecule has 0 spiro atoms. The first kappa shape index (κ1) is 13.0. The summed E-state index contributed by atoms with van der Waals surface area (Å²) in [6.45, 7) is 2.50. The smallest absolute Gasteiger partial charge is 0.219 e. The third-order valence-electron chi connectivity index (χ3n) is 3.32. The molecule has 2 atom stereocenters. The summed E-state index contributed by atoms with van der Waals surface area (Å²) in [5.41, 5.74) is 0.435. The van der Waals surface area contributed by atoms with E-state index in [4.69, 9.17) is 0 Å². The Hall–Kier alpha value is -1.45. The van der Waals surface area contributed by atoms with Gasteiger partial charge in [-0.15, -0.1) is 0 Å². The number of carbonyl (C=O) groups is 1. The van der Waals surface area contributed by atoms with Crippen molar-refractivity contribution >= 4 is 5.91 Å². The number of hydrogen-bond acceptors (Lipinski definition) is 1. The van der Waals surface area contributed by atoms with Crippen LogP contribution in [-0.2, 0) is 4.79 Å². The minimum atomic E-state index is -0.410. The van der Waals surface area contributed by atoms with Crippen LogP contribution >= 0.6 is 0 Å². The number of carbonyl (C=O) groups excluding carboxylic acids is 1. The van der Waals surface area contributed by atoms with Gasteiger partial charge in [0.2, 0.25) is 5.91 Å². The molecule has 0 radical (unpaired) electrons. The average Bonchev–Trinajstić information content (AvgIpc) is 3.09. The standard InChI is InChI=1S/C14H17F2NO/c1-2-3-14(18)17-8-9-6-11(9)12-7-10(15)4-5-13(12)16/h4-5,7,9,11H,2-3,6,8H2,1H3,(H,17,18)/t9-,11+/m0/s1. The van der Waals surface area contributed by atoms with Crippen molar-refractivity contribution in [3.8, 4) is 0 Å². The van der Waals surface area contributed by atoms with Gasteiger partial charge in [0.15, 0.2) is 0 Å². The molecule has 0 unspecified atom stereocenters. The van der Waals surface area contributed by atoms with Gasteiger partial charge in [-0.3, -0.25) is 4.79 Å². The van der Waals surface area contributed by atoms with E-state index < -0.39 is 5.82 Å². The second-order valence-electron chi connectivity index (χ2n) is 4.82. The molecule has 0 aliphatic heterocycles. The lowest BCUT2D eigenvalue weighted by Gasteiger charge is -2.05. The number of benzene rings is 1. The lowest BCUT2D eigenvalue weighted by atomic mass is 10.1. The fraction of sp³-hybridized carbons (Fsp3) is 0.500. The van der Waals surface area contributed by atoms with Crippen LogP contribution in [0.2, 0.25) is 0 Å². The summed E-state index contributed by atoms with van der Waals surface area (Å²) < 4.78 is 26.5. The lowest BCUT2D eigenvalue weighted by Crippen LogP contribution is -2.25. The SMILES string of the molecule is CCCC(=O)NC[C@@H]1C[C@H]1c1cc(F)ccc1F. The molecule has 1 fully saturated rings. The van der Waals surface area contributed by atoms with Crippen molar-refractivity contribution in [2.75, 3.05) is 6.54 Å². The molecular formula is C14H17F2NO. The molecule has 0 saturated heterocycles. The first-order chi connectivity index (χ1) is 8.61. The van der Waals surface area contributed by atoms with E-state index >= 15 is 0 Å². The maximum Gasteiger partial charge on any atom is 0.219 e. The summed E-state index contributed by atoms with van der Waals surface area (Å²) in [6, 6.07) is 3.54. The minimum Gasteiger partial charge on any atom is -0.356 e. The van der Waals surface area contributed by atoms with Crippen molar-refractivity contribution in [2.24, 2.45) is 5.92 Å². The van der Waals surface area contributed by atoms with Crippen molar-refractivity contribution in [1.82, 2.24) is 5.32 Å². The van der Waals surface area contributed by atoms with Gasteiger partial charge in [-0.25, -0.2) is 8.78 Å². The Kier molecular flexibility index (Phi) is 3.94. The van der Waals surface area contributed by atoms with E-state index in [1.807, 2.05) is 6.92 Å². The second kappa shape index (κ2) is 5.46. The molecular weight excluding hydrogens is 236 g/mol. The van der Waals surface area contributed by atoms with Gasteiger partial charge in [0.05, 0.1) is 0 Å². The number of halogens is 2. The Morgan fingerprint density at radius 1 is 1.44 bits per heavy atom. The summed E-state index contributed by atoms with van der Waals surface area (Å²) >= 11 is 0. The molecule has 0 bridgehead atoms. The second-order valence-corrected chi connectivity index (χ2v) is 4.82. The van der Waals surface area contributed by atoms with Crippen LogP contribution in [0.4, 0.5) is 8.78 Å². The molecule has 98 valence electrons. The Balaban J connectivity index is 1.87. The van der Waals surface area contributed by atoms with E-state index in [1.165, 1.54) is 6.07 Å². The van der Waals surface area contributed by atoms with Crippen LogP contribution in [0.5, 0.6) is 0 Å². The van der Waals surface area contributed by atoms with Crippen LogP contribution in [0.15, 0.2) is 18.2 Å². The highest BCUT2D eigenvalue weighted by Gasteiger charge is 2.39. The van der Waals surface area contributed by atoms with E-state index in [0.717, 1.165) is 25.0 Å². The average molecular weight is 253 g/mol. The summed E-state index contributed by atoms with van der Waals surface area (Å²) in [4.78, 5) is 11.3. The molecule has 1 aromatic carbocycles. The van der Waals surface area contributed by atoms with Gasteiger partial charge < -0.3 is 5.32 Å². The third kappa shape index (κ3) is 3.06. The number of rotatable bonds is 5. The predicted molar refractivity (Wildman–Crippen MR) is 65.1 cm³/mol. The molecule has 1 aliphatic rings. The molecule has 1 saturated carbocycles. The molecule has 1 N–H and O–H groups in total. The zero-order chi connectivity index (χ0) is 13.1. The van der Waals surface area contributed by atoms with Gasteiger partial charge in [-0.05, 0) is 48.4 Å². The summed E-state index contributed by atoms with van der Waals surface area (Å²) in [6.07, 6.45) is 2.15. The number of amides is 1. The fourth-order valence-electron chi connectivity index (χ4n) is 2.21. The highest BCUT2D eigenvalue weighted by molar-refractivity contribution is 5.75. The number of nitrogens with one attached hydrogen (secondary N) is 1. The maximum absolute atomic E-state index is 13.5. The molecule has 2 rings (SSSR count). The molecule has 4 heteroatoms. The summed E-state index contributed by atoms with van der Waals surface area (Å²) in [5, 5.41) is 2.82. The molecule has 1 aromatic rings. The lowest BCUT2D eigenvalue weighted by molar-refractivity contribution is -0.121. The number of hydrogen-bond donors (Lipinski definition) is 1. The molecule has 1 aliphatic carbocycles. The van der Waals surface area contributed by atoms with Gasteiger partial charge in [0, 0.05) is 13.0 Å². The van der Waals surface area contributed by atoms with Crippen LogP contribution in [0.3, 0.4) is 0 Å². The van der Waals surface area contributed by atoms with E-state index in [-0.39, 0.29) is 23.6 Å². The zero-order valence-corrected chi connectivity index (χ0v) is 10.4. The van der Waals surface area contributed by atoms with E-state index in [0.29, 0.717) is 18.5 Å². The van der Waals surface area contributed by atoms with Gasteiger partial charge in [-0.2, -0.15) is 0 Å². The van der Waals surface area contributed by atoms with Crippen molar-refractivity contribution in [1.29, 1.82) is 0 Å². The summed E-state index contributed by atoms with van der Waals surface area (Å²) in [7, 11) is 0. The first-order valence-corrected chi connectivity index (χ1v) is 6.33. The minimum absolute atomic E-state index is 0.0304. The predicted octanol–water partition coefficient (Wildman–Crippen LogP) is 2.98. The van der Waals surface area contributed by atoms with E-state index in [1.54, 1.807) is 0 Å². The maximum atomic E-state index is 13.5. The van der Waals surface area contributed by atoms with Crippen LogP contribution in [-0.4, -0.2) is 12.5 Å². The Labute approximate surface area is 105 Å². The van der Waals surface area contributed by atoms with Crippen LogP contribution < -0.4 is 5.32 Å². The molecule has 18 heavy (non-hydrogen) atoms. The quantitative estimate of drug-likeness (QED) is 0.858. The normalized spacial score (nSPS) is 21.7. The Morgan fingerprint density at radius 2 is 2.22 bits per heavy atom. The highest BCUT2D eigenvalue weighted by Crippen LogP contribution is 2.47. The topological polar surface area (TPSA) is 29.1 Å². The molecule has 2 nitrogen and oxygen atoms in total. The van der Waals surface area contributed by atoms with Crippen molar-refractivity contribution in [3.05, 3.63) is 35.4 Å².